The molecule has 0 spiro atoms. The molecular weight excluding hydrogens is 234 g/mol. The third-order valence-corrected chi connectivity index (χ3v) is 2.94. The summed E-state index contributed by atoms with van der Waals surface area (Å²) in [7, 11) is 1.61. The number of ether oxygens (including phenoxy) is 1. The van der Waals surface area contributed by atoms with E-state index in [1.807, 2.05) is 36.4 Å². The number of rotatable bonds is 3. The van der Waals surface area contributed by atoms with Crippen LogP contribution < -0.4 is 10.5 Å². The lowest BCUT2D eigenvalue weighted by molar-refractivity contribution is 0.415. The van der Waals surface area contributed by atoms with Gasteiger partial charge in [0.15, 0.2) is 0 Å². The van der Waals surface area contributed by atoms with Crippen LogP contribution in [0.4, 0.5) is 0 Å². The van der Waals surface area contributed by atoms with Crippen LogP contribution in [-0.4, -0.2) is 7.11 Å². The van der Waals surface area contributed by atoms with Crippen LogP contribution in [0.15, 0.2) is 42.5 Å². The fourth-order valence-corrected chi connectivity index (χ4v) is 1.98. The van der Waals surface area contributed by atoms with Crippen molar-refractivity contribution in [2.45, 2.75) is 6.54 Å². The zero-order valence-corrected chi connectivity index (χ0v) is 10.4. The van der Waals surface area contributed by atoms with Gasteiger partial charge in [0.05, 0.1) is 12.1 Å². The molecule has 0 amide bonds. The molecule has 0 aromatic heterocycles. The van der Waals surface area contributed by atoms with Gasteiger partial charge in [0, 0.05) is 6.54 Å². The lowest BCUT2D eigenvalue weighted by atomic mass is 10.0. The van der Waals surface area contributed by atoms with Crippen LogP contribution in [0.25, 0.3) is 11.1 Å². The molecule has 0 radical (unpaired) electrons. The van der Waals surface area contributed by atoms with E-state index in [1.165, 1.54) is 0 Å². The molecule has 2 nitrogen and oxygen atoms in total. The molecule has 0 atom stereocenters. The highest BCUT2D eigenvalue weighted by molar-refractivity contribution is 6.32. The minimum absolute atomic E-state index is 0.539. The maximum absolute atomic E-state index is 6.10. The fraction of sp³-hybridized carbons (Fsp3) is 0.143. The number of nitrogens with two attached hydrogens (primary N) is 1. The summed E-state index contributed by atoms with van der Waals surface area (Å²) in [6, 6.07) is 13.9. The molecule has 0 heterocycles. The second-order valence-corrected chi connectivity index (χ2v) is 4.16. The standard InChI is InChI=1S/C14H14ClNO/c1-17-14-6-5-12(8-13(14)15)11-4-2-3-10(7-11)9-16/h2-8H,9,16H2,1H3. The molecular formula is C14H14ClNO. The molecule has 0 saturated heterocycles. The van der Waals surface area contributed by atoms with Crippen molar-refractivity contribution in [2.24, 2.45) is 5.73 Å². The number of hydrogen-bond acceptors (Lipinski definition) is 2. The zero-order chi connectivity index (χ0) is 12.3. The zero-order valence-electron chi connectivity index (χ0n) is 9.61. The number of halogens is 1. The Bertz CT molecular complexity index is 525. The van der Waals surface area contributed by atoms with E-state index in [9.17, 15) is 0 Å². The van der Waals surface area contributed by atoms with Crippen LogP contribution in [0, 0.1) is 0 Å². The molecule has 3 heteroatoms. The van der Waals surface area contributed by atoms with Gasteiger partial charge in [-0.3, -0.25) is 0 Å². The SMILES string of the molecule is COc1ccc(-c2cccc(CN)c2)cc1Cl. The summed E-state index contributed by atoms with van der Waals surface area (Å²) >= 11 is 6.10. The predicted molar refractivity (Wildman–Crippen MR) is 71.3 cm³/mol. The molecule has 2 rings (SSSR count). The Kier molecular flexibility index (Phi) is 3.67. The van der Waals surface area contributed by atoms with E-state index >= 15 is 0 Å². The largest absolute Gasteiger partial charge is 0.495 e. The molecule has 2 aromatic carbocycles. The van der Waals surface area contributed by atoms with E-state index in [0.717, 1.165) is 16.7 Å². The smallest absolute Gasteiger partial charge is 0.137 e. The summed E-state index contributed by atoms with van der Waals surface area (Å²) in [5.74, 6) is 0.686. The predicted octanol–water partition coefficient (Wildman–Crippen LogP) is 3.47. The maximum atomic E-state index is 6.10. The van der Waals surface area contributed by atoms with Crippen molar-refractivity contribution in [1.82, 2.24) is 0 Å². The third-order valence-electron chi connectivity index (χ3n) is 2.65. The van der Waals surface area contributed by atoms with Crippen LogP contribution in [-0.2, 0) is 6.54 Å². The van der Waals surface area contributed by atoms with Gasteiger partial charge in [-0.05, 0) is 34.9 Å². The highest BCUT2D eigenvalue weighted by Crippen LogP contribution is 2.30. The van der Waals surface area contributed by atoms with E-state index in [1.54, 1.807) is 7.11 Å². The van der Waals surface area contributed by atoms with Crippen LogP contribution >= 0.6 is 11.6 Å². The molecule has 0 aliphatic heterocycles. The van der Waals surface area contributed by atoms with Gasteiger partial charge in [0.25, 0.3) is 0 Å². The monoisotopic (exact) mass is 247 g/mol. The molecule has 0 saturated carbocycles. The quantitative estimate of drug-likeness (QED) is 0.901. The van der Waals surface area contributed by atoms with E-state index in [0.29, 0.717) is 17.3 Å². The second kappa shape index (κ2) is 5.21. The van der Waals surface area contributed by atoms with Crippen LogP contribution in [0.2, 0.25) is 5.02 Å². The van der Waals surface area contributed by atoms with Crippen molar-refractivity contribution in [2.75, 3.05) is 7.11 Å². The average molecular weight is 248 g/mol. The van der Waals surface area contributed by atoms with Crippen LogP contribution in [0.1, 0.15) is 5.56 Å². The molecule has 0 aliphatic rings. The van der Waals surface area contributed by atoms with E-state index in [2.05, 4.69) is 6.07 Å². The molecule has 88 valence electrons. The first kappa shape index (κ1) is 12.0. The van der Waals surface area contributed by atoms with E-state index < -0.39 is 0 Å². The van der Waals surface area contributed by atoms with Gasteiger partial charge in [-0.2, -0.15) is 0 Å². The fourth-order valence-electron chi connectivity index (χ4n) is 1.72. The van der Waals surface area contributed by atoms with E-state index in [-0.39, 0.29) is 0 Å². The Hall–Kier alpha value is -1.51. The summed E-state index contributed by atoms with van der Waals surface area (Å²) in [4.78, 5) is 0. The van der Waals surface area contributed by atoms with Crippen molar-refractivity contribution in [1.29, 1.82) is 0 Å². The van der Waals surface area contributed by atoms with Crippen LogP contribution in [0.3, 0.4) is 0 Å². The Balaban J connectivity index is 2.42. The molecule has 2 N–H and O–H groups in total. The van der Waals surface area contributed by atoms with E-state index in [4.69, 9.17) is 22.1 Å². The van der Waals surface area contributed by atoms with Crippen molar-refractivity contribution < 1.29 is 4.74 Å². The van der Waals surface area contributed by atoms with Gasteiger partial charge in [-0.15, -0.1) is 0 Å². The normalized spacial score (nSPS) is 10.3. The van der Waals surface area contributed by atoms with Crippen molar-refractivity contribution >= 4 is 11.6 Å². The minimum Gasteiger partial charge on any atom is -0.495 e. The molecule has 2 aromatic rings. The lowest BCUT2D eigenvalue weighted by Crippen LogP contribution is -1.95. The van der Waals surface area contributed by atoms with Crippen molar-refractivity contribution in [3.63, 3.8) is 0 Å². The first-order chi connectivity index (χ1) is 8.24. The van der Waals surface area contributed by atoms with Crippen LogP contribution in [0.5, 0.6) is 5.75 Å². The number of methoxy groups -OCH3 is 1. The van der Waals surface area contributed by atoms with Crippen molar-refractivity contribution in [3.8, 4) is 16.9 Å². The molecule has 0 aliphatic carbocycles. The molecule has 0 fully saturated rings. The second-order valence-electron chi connectivity index (χ2n) is 3.75. The number of benzene rings is 2. The Morgan fingerprint density at radius 2 is 1.88 bits per heavy atom. The summed E-state index contributed by atoms with van der Waals surface area (Å²) in [6.45, 7) is 0.539. The summed E-state index contributed by atoms with van der Waals surface area (Å²) in [5.41, 5.74) is 8.90. The Morgan fingerprint density at radius 1 is 1.12 bits per heavy atom. The first-order valence-electron chi connectivity index (χ1n) is 5.37. The van der Waals surface area contributed by atoms with Gasteiger partial charge >= 0.3 is 0 Å². The Morgan fingerprint density at radius 3 is 2.53 bits per heavy atom. The Labute approximate surface area is 106 Å². The van der Waals surface area contributed by atoms with Gasteiger partial charge in [0.2, 0.25) is 0 Å². The maximum Gasteiger partial charge on any atom is 0.137 e. The summed E-state index contributed by atoms with van der Waals surface area (Å²) in [5, 5.41) is 0.614. The minimum atomic E-state index is 0.539. The summed E-state index contributed by atoms with van der Waals surface area (Å²) < 4.78 is 5.13. The first-order valence-corrected chi connectivity index (χ1v) is 5.75. The number of hydrogen-bond donors (Lipinski definition) is 1. The molecule has 17 heavy (non-hydrogen) atoms. The van der Waals surface area contributed by atoms with Gasteiger partial charge in [0.1, 0.15) is 5.75 Å². The van der Waals surface area contributed by atoms with Gasteiger partial charge in [-0.25, -0.2) is 0 Å². The molecule has 0 unspecified atom stereocenters. The van der Waals surface area contributed by atoms with Crippen molar-refractivity contribution in [3.05, 3.63) is 53.1 Å². The van der Waals surface area contributed by atoms with Gasteiger partial charge < -0.3 is 10.5 Å². The highest BCUT2D eigenvalue weighted by Gasteiger charge is 2.04. The lowest BCUT2D eigenvalue weighted by Gasteiger charge is -2.07. The third kappa shape index (κ3) is 2.60. The molecule has 0 bridgehead atoms. The average Bonchev–Trinajstić information content (AvgIpc) is 2.38. The highest BCUT2D eigenvalue weighted by atomic mass is 35.5. The van der Waals surface area contributed by atoms with Gasteiger partial charge in [-0.1, -0.05) is 35.9 Å². The summed E-state index contributed by atoms with van der Waals surface area (Å²) in [6.07, 6.45) is 0. The topological polar surface area (TPSA) is 35.2 Å².